The Bertz CT molecular complexity index is 1220. The lowest BCUT2D eigenvalue weighted by Crippen LogP contribution is -2.50. The van der Waals surface area contributed by atoms with E-state index in [1.54, 1.807) is 38.5 Å². The molecule has 0 saturated carbocycles. The van der Waals surface area contributed by atoms with Crippen LogP contribution in [0, 0.1) is 0 Å². The van der Waals surface area contributed by atoms with Crippen LogP contribution >= 0.6 is 0 Å². The molecule has 32 heavy (non-hydrogen) atoms. The number of hydrogen-bond donors (Lipinski definition) is 1. The molecule has 2 aromatic heterocycles. The Kier molecular flexibility index (Phi) is 6.04. The Morgan fingerprint density at radius 2 is 1.97 bits per heavy atom. The normalized spacial score (nSPS) is 15.5. The second-order valence-corrected chi connectivity index (χ2v) is 10.6. The van der Waals surface area contributed by atoms with E-state index in [-0.39, 0.29) is 18.2 Å². The van der Waals surface area contributed by atoms with Crippen LogP contribution in [0.15, 0.2) is 36.8 Å². The van der Waals surface area contributed by atoms with Crippen LogP contribution in [0.5, 0.6) is 5.75 Å². The van der Waals surface area contributed by atoms with Crippen LogP contribution in [-0.4, -0.2) is 52.2 Å². The third-order valence-electron chi connectivity index (χ3n) is 5.65. The van der Waals surface area contributed by atoms with Crippen LogP contribution in [0.1, 0.15) is 30.9 Å². The summed E-state index contributed by atoms with van der Waals surface area (Å²) in [5.74, 6) is 0.595. The first-order valence-corrected chi connectivity index (χ1v) is 11.7. The second-order valence-electron chi connectivity index (χ2n) is 8.12. The molecule has 1 aromatic carbocycles. The molecule has 1 aliphatic rings. The zero-order chi connectivity index (χ0) is 23.0. The van der Waals surface area contributed by atoms with Crippen molar-refractivity contribution in [1.29, 1.82) is 0 Å². The highest BCUT2D eigenvalue weighted by Gasteiger charge is 2.38. The second kappa shape index (κ2) is 8.62. The molecule has 0 unspecified atom stereocenters. The van der Waals surface area contributed by atoms with Gasteiger partial charge in [0.2, 0.25) is 10.0 Å². The number of alkyl halides is 2. The van der Waals surface area contributed by atoms with Gasteiger partial charge in [-0.3, -0.25) is 0 Å². The lowest BCUT2D eigenvalue weighted by atomic mass is 9.92. The van der Waals surface area contributed by atoms with Gasteiger partial charge in [0.25, 0.3) is 0 Å². The molecule has 1 N–H and O–H groups in total. The third-order valence-corrected chi connectivity index (χ3v) is 7.86. The maximum Gasteiger partial charge on any atom is 0.387 e. The predicted molar refractivity (Wildman–Crippen MR) is 117 cm³/mol. The topological polar surface area (TPSA) is 89.4 Å². The fourth-order valence-electron chi connectivity index (χ4n) is 3.64. The monoisotopic (exact) mass is 465 g/mol. The molecule has 11 heteroatoms. The molecular formula is C21H25F2N5O3S. The minimum absolute atomic E-state index is 0.0560. The summed E-state index contributed by atoms with van der Waals surface area (Å²) in [6.07, 6.45) is 3.34. The average Bonchev–Trinajstić information content (AvgIpc) is 3.06. The lowest BCUT2D eigenvalue weighted by Gasteiger charge is -2.39. The van der Waals surface area contributed by atoms with Crippen molar-refractivity contribution in [3.05, 3.63) is 47.9 Å². The molecule has 1 aliphatic heterocycles. The summed E-state index contributed by atoms with van der Waals surface area (Å²) < 4.78 is 58.6. The first-order valence-electron chi connectivity index (χ1n) is 10.2. The van der Waals surface area contributed by atoms with Gasteiger partial charge in [-0.25, -0.2) is 22.7 Å². The van der Waals surface area contributed by atoms with E-state index in [2.05, 4.69) is 15.3 Å². The van der Waals surface area contributed by atoms with Crippen molar-refractivity contribution in [3.63, 3.8) is 0 Å². The Hall–Kier alpha value is -2.79. The van der Waals surface area contributed by atoms with Crippen molar-refractivity contribution in [3.8, 4) is 5.75 Å². The number of halogens is 2. The molecule has 0 atom stereocenters. The van der Waals surface area contributed by atoms with Gasteiger partial charge in [-0.1, -0.05) is 12.1 Å². The first kappa shape index (κ1) is 22.4. The van der Waals surface area contributed by atoms with E-state index in [0.717, 1.165) is 16.6 Å². The summed E-state index contributed by atoms with van der Waals surface area (Å²) in [6, 6.07) is 6.96. The van der Waals surface area contributed by atoms with Crippen LogP contribution in [0.3, 0.4) is 0 Å². The number of nitrogens with zero attached hydrogens (tertiary/aromatic N) is 4. The summed E-state index contributed by atoms with van der Waals surface area (Å²) in [4.78, 5) is 8.52. The number of rotatable bonds is 8. The number of hydrogen-bond acceptors (Lipinski definition) is 6. The third kappa shape index (κ3) is 4.40. The number of fused-ring (bicyclic) bond motifs is 1. The van der Waals surface area contributed by atoms with Gasteiger partial charge in [0.05, 0.1) is 23.3 Å². The van der Waals surface area contributed by atoms with E-state index in [4.69, 9.17) is 4.74 Å². The molecule has 0 radical (unpaired) electrons. The summed E-state index contributed by atoms with van der Waals surface area (Å²) in [6.45, 7) is 1.21. The predicted octanol–water partition coefficient (Wildman–Crippen LogP) is 3.32. The number of ether oxygens (including phenoxy) is 1. The van der Waals surface area contributed by atoms with Gasteiger partial charge in [-0.2, -0.15) is 8.78 Å². The summed E-state index contributed by atoms with van der Waals surface area (Å²) in [5.41, 5.74) is 2.98. The quantitative estimate of drug-likeness (QED) is 0.549. The number of aromatic nitrogens is 3. The molecule has 1 fully saturated rings. The maximum atomic E-state index is 13.0. The Morgan fingerprint density at radius 3 is 2.66 bits per heavy atom. The minimum Gasteiger partial charge on any atom is -0.434 e. The summed E-state index contributed by atoms with van der Waals surface area (Å²) in [5, 5.41) is 2.64. The van der Waals surface area contributed by atoms with Gasteiger partial charge >= 0.3 is 6.61 Å². The van der Waals surface area contributed by atoms with E-state index in [1.807, 2.05) is 23.7 Å². The highest BCUT2D eigenvalue weighted by atomic mass is 32.2. The molecule has 0 bridgehead atoms. The van der Waals surface area contributed by atoms with Crippen molar-refractivity contribution in [2.45, 2.75) is 38.2 Å². The number of aryl methyl sites for hydroxylation is 1. The number of anilines is 1. The van der Waals surface area contributed by atoms with Crippen LogP contribution in [-0.2, 0) is 23.6 Å². The largest absolute Gasteiger partial charge is 0.434 e. The van der Waals surface area contributed by atoms with Crippen molar-refractivity contribution in [2.75, 3.05) is 18.4 Å². The van der Waals surface area contributed by atoms with Gasteiger partial charge < -0.3 is 14.6 Å². The SMILES string of the molecule is CC(C)S(=O)(=O)N1CC(c2ccc(CNc3cc4c(cn3)ncn4C)c(OC(F)F)c2)C1. The maximum absolute atomic E-state index is 13.0. The Morgan fingerprint density at radius 1 is 1.22 bits per heavy atom. The summed E-state index contributed by atoms with van der Waals surface area (Å²) >= 11 is 0. The highest BCUT2D eigenvalue weighted by Crippen LogP contribution is 2.34. The Balaban J connectivity index is 1.49. The van der Waals surface area contributed by atoms with E-state index >= 15 is 0 Å². The molecule has 4 rings (SSSR count). The minimum atomic E-state index is -3.31. The zero-order valence-electron chi connectivity index (χ0n) is 18.0. The highest BCUT2D eigenvalue weighted by molar-refractivity contribution is 7.89. The molecule has 3 aromatic rings. The van der Waals surface area contributed by atoms with Crippen LogP contribution < -0.4 is 10.1 Å². The Labute approximate surface area is 185 Å². The van der Waals surface area contributed by atoms with Crippen molar-refractivity contribution in [1.82, 2.24) is 18.8 Å². The van der Waals surface area contributed by atoms with Crippen LogP contribution in [0.2, 0.25) is 0 Å². The number of sulfonamides is 1. The van der Waals surface area contributed by atoms with E-state index in [1.165, 1.54) is 4.31 Å². The van der Waals surface area contributed by atoms with E-state index in [9.17, 15) is 17.2 Å². The van der Waals surface area contributed by atoms with Crippen LogP contribution in [0.25, 0.3) is 11.0 Å². The van der Waals surface area contributed by atoms with Gasteiger partial charge in [0.15, 0.2) is 0 Å². The number of benzene rings is 1. The van der Waals surface area contributed by atoms with Crippen molar-refractivity contribution >= 4 is 26.9 Å². The fourth-order valence-corrected chi connectivity index (χ4v) is 5.02. The standard InChI is InChI=1S/C21H25F2N5O3S/c1-13(2)32(29,30)28-10-16(11-28)14-4-5-15(19(6-14)31-21(22)23)8-24-20-7-18-17(9-25-20)26-12-27(18)3/h4-7,9,12-13,16,21H,8,10-11H2,1-3H3,(H,24,25). The average molecular weight is 466 g/mol. The molecule has 8 nitrogen and oxygen atoms in total. The van der Waals surface area contributed by atoms with Gasteiger partial charge in [0, 0.05) is 44.2 Å². The first-order chi connectivity index (χ1) is 15.1. The lowest BCUT2D eigenvalue weighted by molar-refractivity contribution is -0.0504. The number of imidazole rings is 1. The van der Waals surface area contributed by atoms with Gasteiger partial charge in [-0.15, -0.1) is 0 Å². The molecule has 0 spiro atoms. The van der Waals surface area contributed by atoms with E-state index in [0.29, 0.717) is 24.5 Å². The summed E-state index contributed by atoms with van der Waals surface area (Å²) in [7, 11) is -1.44. The molecule has 3 heterocycles. The van der Waals surface area contributed by atoms with Crippen molar-refractivity contribution in [2.24, 2.45) is 7.05 Å². The van der Waals surface area contributed by atoms with Crippen LogP contribution in [0.4, 0.5) is 14.6 Å². The van der Waals surface area contributed by atoms with Gasteiger partial charge in [0.1, 0.15) is 17.1 Å². The molecule has 0 amide bonds. The molecular weight excluding hydrogens is 440 g/mol. The van der Waals surface area contributed by atoms with Gasteiger partial charge in [-0.05, 0) is 25.5 Å². The zero-order valence-corrected chi connectivity index (χ0v) is 18.8. The molecule has 1 saturated heterocycles. The fraction of sp³-hybridized carbons (Fsp3) is 0.429. The van der Waals surface area contributed by atoms with Crippen molar-refractivity contribution < 1.29 is 21.9 Å². The number of nitrogens with one attached hydrogen (secondary N) is 1. The molecule has 0 aliphatic carbocycles. The number of pyridine rings is 1. The van der Waals surface area contributed by atoms with E-state index < -0.39 is 21.9 Å². The molecule has 172 valence electrons. The smallest absolute Gasteiger partial charge is 0.387 e.